The minimum atomic E-state index is -4.35. The number of hydrogen-bond donors (Lipinski definition) is 1. The van der Waals surface area contributed by atoms with E-state index in [1.807, 2.05) is 0 Å². The van der Waals surface area contributed by atoms with Crippen molar-refractivity contribution in [2.75, 3.05) is 0 Å². The normalized spacial score (nSPS) is 11.5. The van der Waals surface area contributed by atoms with Crippen LogP contribution in [0.4, 0.5) is 13.2 Å². The molecule has 0 saturated heterocycles. The molecule has 1 amide bonds. The Morgan fingerprint density at radius 1 is 1.40 bits per heavy atom. The minimum absolute atomic E-state index is 0.110. The summed E-state index contributed by atoms with van der Waals surface area (Å²) >= 11 is 3.06. The molecule has 2 nitrogen and oxygen atoms in total. The predicted molar refractivity (Wildman–Crippen MR) is 52.4 cm³/mol. The topological polar surface area (TPSA) is 43.1 Å². The van der Waals surface area contributed by atoms with Gasteiger partial charge in [0.25, 0.3) is 0 Å². The standard InChI is InChI=1S/C9H7BrF3NO/c10-6-2-1-5(4-9(11,12)13)7(3-6)8(14)15/h1-3H,4H2,(H2,14,15). The summed E-state index contributed by atoms with van der Waals surface area (Å²) in [4.78, 5) is 10.9. The summed E-state index contributed by atoms with van der Waals surface area (Å²) in [5.41, 5.74) is 4.75. The maximum Gasteiger partial charge on any atom is 0.393 e. The Labute approximate surface area is 92.4 Å². The Balaban J connectivity index is 3.12. The number of nitrogens with two attached hydrogens (primary N) is 1. The van der Waals surface area contributed by atoms with E-state index in [2.05, 4.69) is 15.9 Å². The molecule has 0 aliphatic carbocycles. The van der Waals surface area contributed by atoms with Crippen LogP contribution in [0.5, 0.6) is 0 Å². The number of amides is 1. The van der Waals surface area contributed by atoms with Gasteiger partial charge in [0.05, 0.1) is 6.42 Å². The van der Waals surface area contributed by atoms with Crippen LogP contribution in [0.25, 0.3) is 0 Å². The second-order valence-electron chi connectivity index (χ2n) is 2.96. The van der Waals surface area contributed by atoms with E-state index in [0.29, 0.717) is 4.47 Å². The summed E-state index contributed by atoms with van der Waals surface area (Å²) in [6, 6.07) is 3.95. The molecule has 0 heterocycles. The maximum absolute atomic E-state index is 12.1. The number of hydrogen-bond acceptors (Lipinski definition) is 1. The quantitative estimate of drug-likeness (QED) is 0.890. The lowest BCUT2D eigenvalue weighted by molar-refractivity contribution is -0.127. The highest BCUT2D eigenvalue weighted by atomic mass is 79.9. The second kappa shape index (κ2) is 4.22. The third-order valence-corrected chi connectivity index (χ3v) is 2.22. The summed E-state index contributed by atoms with van der Waals surface area (Å²) in [5, 5.41) is 0. The van der Waals surface area contributed by atoms with E-state index in [-0.39, 0.29) is 11.1 Å². The first-order valence-electron chi connectivity index (χ1n) is 3.94. The fraction of sp³-hybridized carbons (Fsp3) is 0.222. The number of benzene rings is 1. The molecule has 0 radical (unpaired) electrons. The number of halogens is 4. The predicted octanol–water partition coefficient (Wildman–Crippen LogP) is 2.65. The summed E-state index contributed by atoms with van der Waals surface area (Å²) in [6.07, 6.45) is -5.50. The molecule has 0 unspecified atom stereocenters. The molecule has 0 bridgehead atoms. The highest BCUT2D eigenvalue weighted by Crippen LogP contribution is 2.25. The van der Waals surface area contributed by atoms with Crippen molar-refractivity contribution in [1.29, 1.82) is 0 Å². The molecule has 0 aliphatic heterocycles. The molecule has 0 saturated carbocycles. The van der Waals surface area contributed by atoms with E-state index < -0.39 is 18.5 Å². The van der Waals surface area contributed by atoms with Gasteiger partial charge < -0.3 is 5.73 Å². The Morgan fingerprint density at radius 2 is 2.00 bits per heavy atom. The molecule has 82 valence electrons. The zero-order valence-corrected chi connectivity index (χ0v) is 9.02. The third kappa shape index (κ3) is 3.54. The van der Waals surface area contributed by atoms with Crippen LogP contribution in [0, 0.1) is 0 Å². The molecule has 1 rings (SSSR count). The van der Waals surface area contributed by atoms with Crippen LogP contribution in [0.15, 0.2) is 22.7 Å². The average Bonchev–Trinajstić information content (AvgIpc) is 2.05. The molecule has 1 aromatic carbocycles. The number of rotatable bonds is 2. The van der Waals surface area contributed by atoms with Gasteiger partial charge in [0, 0.05) is 10.0 Å². The molecular formula is C9H7BrF3NO. The first-order chi connectivity index (χ1) is 6.79. The molecule has 0 fully saturated rings. The largest absolute Gasteiger partial charge is 0.393 e. The molecule has 1 aromatic rings. The van der Waals surface area contributed by atoms with Gasteiger partial charge in [-0.1, -0.05) is 22.0 Å². The Bertz CT molecular complexity index is 389. The second-order valence-corrected chi connectivity index (χ2v) is 3.87. The van der Waals surface area contributed by atoms with Crippen LogP contribution >= 0.6 is 15.9 Å². The average molecular weight is 282 g/mol. The molecule has 6 heteroatoms. The van der Waals surface area contributed by atoms with Crippen LogP contribution in [0.3, 0.4) is 0 Å². The van der Waals surface area contributed by atoms with Crippen molar-refractivity contribution in [1.82, 2.24) is 0 Å². The van der Waals surface area contributed by atoms with Gasteiger partial charge in [0.2, 0.25) is 5.91 Å². The van der Waals surface area contributed by atoms with Gasteiger partial charge in [-0.2, -0.15) is 13.2 Å². The van der Waals surface area contributed by atoms with Gasteiger partial charge in [-0.3, -0.25) is 4.79 Å². The lowest BCUT2D eigenvalue weighted by Gasteiger charge is -2.09. The van der Waals surface area contributed by atoms with Crippen molar-refractivity contribution in [2.45, 2.75) is 12.6 Å². The first kappa shape index (κ1) is 12.0. The molecule has 15 heavy (non-hydrogen) atoms. The Hall–Kier alpha value is -1.04. The van der Waals surface area contributed by atoms with Gasteiger partial charge in [-0.25, -0.2) is 0 Å². The van der Waals surface area contributed by atoms with Crippen molar-refractivity contribution in [2.24, 2.45) is 5.73 Å². The van der Waals surface area contributed by atoms with Crippen molar-refractivity contribution in [3.63, 3.8) is 0 Å². The van der Waals surface area contributed by atoms with E-state index in [0.717, 1.165) is 0 Å². The minimum Gasteiger partial charge on any atom is -0.366 e. The van der Waals surface area contributed by atoms with E-state index in [1.165, 1.54) is 18.2 Å². The summed E-state index contributed by atoms with van der Waals surface area (Å²) in [5.74, 6) is -0.865. The summed E-state index contributed by atoms with van der Waals surface area (Å²) in [7, 11) is 0. The molecule has 0 spiro atoms. The number of primary amides is 1. The lowest BCUT2D eigenvalue weighted by Crippen LogP contribution is -2.18. The number of carbonyl (C=O) groups excluding carboxylic acids is 1. The van der Waals surface area contributed by atoms with Crippen molar-refractivity contribution in [3.8, 4) is 0 Å². The van der Waals surface area contributed by atoms with E-state index in [1.54, 1.807) is 0 Å². The van der Waals surface area contributed by atoms with E-state index in [9.17, 15) is 18.0 Å². The van der Waals surface area contributed by atoms with Gasteiger partial charge >= 0.3 is 6.18 Å². The Morgan fingerprint density at radius 3 is 2.47 bits per heavy atom. The first-order valence-corrected chi connectivity index (χ1v) is 4.74. The molecule has 0 aromatic heterocycles. The fourth-order valence-corrected chi connectivity index (χ4v) is 1.51. The smallest absolute Gasteiger partial charge is 0.366 e. The summed E-state index contributed by atoms with van der Waals surface area (Å²) < 4.78 is 36.9. The molecule has 0 aliphatic rings. The van der Waals surface area contributed by atoms with Crippen LogP contribution in [-0.4, -0.2) is 12.1 Å². The van der Waals surface area contributed by atoms with Gasteiger partial charge in [-0.05, 0) is 17.7 Å². The van der Waals surface area contributed by atoms with Gasteiger partial charge in [0.15, 0.2) is 0 Å². The highest BCUT2D eigenvalue weighted by Gasteiger charge is 2.29. The summed E-state index contributed by atoms with van der Waals surface area (Å²) in [6.45, 7) is 0. The van der Waals surface area contributed by atoms with Crippen LogP contribution < -0.4 is 5.73 Å². The number of carbonyl (C=O) groups is 1. The monoisotopic (exact) mass is 281 g/mol. The number of alkyl halides is 3. The van der Waals surface area contributed by atoms with Gasteiger partial charge in [0.1, 0.15) is 0 Å². The Kier molecular flexibility index (Phi) is 3.38. The SMILES string of the molecule is NC(=O)c1cc(Br)ccc1CC(F)(F)F. The zero-order chi connectivity index (χ0) is 11.6. The van der Waals surface area contributed by atoms with Gasteiger partial charge in [-0.15, -0.1) is 0 Å². The molecular weight excluding hydrogens is 275 g/mol. The highest BCUT2D eigenvalue weighted by molar-refractivity contribution is 9.10. The maximum atomic E-state index is 12.1. The van der Waals surface area contributed by atoms with E-state index in [4.69, 9.17) is 5.73 Å². The zero-order valence-electron chi connectivity index (χ0n) is 7.44. The van der Waals surface area contributed by atoms with Crippen molar-refractivity contribution < 1.29 is 18.0 Å². The van der Waals surface area contributed by atoms with Crippen LogP contribution in [-0.2, 0) is 6.42 Å². The molecule has 2 N–H and O–H groups in total. The molecule has 0 atom stereocenters. The van der Waals surface area contributed by atoms with Crippen molar-refractivity contribution >= 4 is 21.8 Å². The lowest BCUT2D eigenvalue weighted by atomic mass is 10.0. The van der Waals surface area contributed by atoms with Crippen molar-refractivity contribution in [3.05, 3.63) is 33.8 Å². The van der Waals surface area contributed by atoms with Crippen LogP contribution in [0.1, 0.15) is 15.9 Å². The fourth-order valence-electron chi connectivity index (χ4n) is 1.15. The van der Waals surface area contributed by atoms with E-state index >= 15 is 0 Å². The van der Waals surface area contributed by atoms with Crippen LogP contribution in [0.2, 0.25) is 0 Å². The third-order valence-electron chi connectivity index (χ3n) is 1.73.